The zero-order chi connectivity index (χ0) is 11.2. The number of rotatable bonds is 2. The monoisotopic (exact) mass is 298 g/mol. The van der Waals surface area contributed by atoms with Crippen molar-refractivity contribution in [2.24, 2.45) is 0 Å². The zero-order valence-corrected chi connectivity index (χ0v) is 10.7. The molecule has 2 rings (SSSR count). The Morgan fingerprint density at radius 1 is 1.13 bits per heavy atom. The van der Waals surface area contributed by atoms with Gasteiger partial charge in [-0.15, -0.1) is 22.7 Å². The summed E-state index contributed by atoms with van der Waals surface area (Å²) < 4.78 is 0.771. The Labute approximate surface area is 107 Å². The Morgan fingerprint density at radius 2 is 1.80 bits per heavy atom. The molecule has 78 valence electrons. The lowest BCUT2D eigenvalue weighted by Crippen LogP contribution is -1.83. The highest BCUT2D eigenvalue weighted by molar-refractivity contribution is 7.40. The molecule has 0 saturated heterocycles. The summed E-state index contributed by atoms with van der Waals surface area (Å²) in [5.41, 5.74) is 0. The van der Waals surface area contributed by atoms with Crippen molar-refractivity contribution in [2.45, 2.75) is 0 Å². The molecular weight excluding hydrogens is 299 g/mol. The molecule has 0 fully saturated rings. The third-order valence-electron chi connectivity index (χ3n) is 1.70. The number of carbonyl (C=O) groups excluding carboxylic acids is 2. The van der Waals surface area contributed by atoms with Crippen LogP contribution in [0.4, 0.5) is 0 Å². The molecule has 0 saturated carbocycles. The van der Waals surface area contributed by atoms with Crippen LogP contribution < -0.4 is 0 Å². The van der Waals surface area contributed by atoms with E-state index in [4.69, 9.17) is 34.8 Å². The van der Waals surface area contributed by atoms with Crippen LogP contribution in [0, 0.1) is 0 Å². The first-order valence-electron chi connectivity index (χ1n) is 3.62. The van der Waals surface area contributed by atoms with Gasteiger partial charge in [0, 0.05) is 5.39 Å². The van der Waals surface area contributed by atoms with E-state index in [9.17, 15) is 9.59 Å². The molecule has 0 unspecified atom stereocenters. The minimum atomic E-state index is -0.591. The molecule has 2 nitrogen and oxygen atoms in total. The number of fused-ring (bicyclic) bond motifs is 1. The second-order valence-electron chi connectivity index (χ2n) is 2.60. The van der Waals surface area contributed by atoms with Crippen LogP contribution in [-0.2, 0) is 0 Å². The van der Waals surface area contributed by atoms with Crippen LogP contribution in [0.25, 0.3) is 9.40 Å². The Hall–Kier alpha value is -0.130. The van der Waals surface area contributed by atoms with E-state index in [1.807, 2.05) is 0 Å². The number of halogens is 3. The van der Waals surface area contributed by atoms with E-state index in [1.54, 1.807) is 6.07 Å². The lowest BCUT2D eigenvalue weighted by atomic mass is 10.3. The molecule has 7 heteroatoms. The Bertz CT molecular complexity index is 570. The number of thiophene rings is 2. The first-order valence-corrected chi connectivity index (χ1v) is 6.39. The van der Waals surface area contributed by atoms with Crippen molar-refractivity contribution in [2.75, 3.05) is 0 Å². The molecule has 0 N–H and O–H groups in total. The van der Waals surface area contributed by atoms with Crippen LogP contribution in [0.15, 0.2) is 6.07 Å². The summed E-state index contributed by atoms with van der Waals surface area (Å²) in [6.07, 6.45) is 0. The average Bonchev–Trinajstić information content (AvgIpc) is 2.65. The minimum absolute atomic E-state index is 0.287. The smallest absolute Gasteiger partial charge is 0.263 e. The van der Waals surface area contributed by atoms with Crippen LogP contribution in [-0.4, -0.2) is 10.5 Å². The molecule has 0 spiro atoms. The maximum absolute atomic E-state index is 11.0. The van der Waals surface area contributed by atoms with Crippen LogP contribution in [0.1, 0.15) is 19.3 Å². The van der Waals surface area contributed by atoms with Crippen molar-refractivity contribution in [3.8, 4) is 0 Å². The number of carbonyl (C=O) groups is 2. The normalized spacial score (nSPS) is 10.9. The molecular formula is C8HCl3O2S2. The van der Waals surface area contributed by atoms with Gasteiger partial charge in [0.25, 0.3) is 10.5 Å². The van der Waals surface area contributed by atoms with Crippen molar-refractivity contribution in [1.29, 1.82) is 0 Å². The number of hydrogen-bond donors (Lipinski definition) is 0. The summed E-state index contributed by atoms with van der Waals surface area (Å²) in [7, 11) is 0. The van der Waals surface area contributed by atoms with E-state index in [0.29, 0.717) is 15.1 Å². The van der Waals surface area contributed by atoms with Gasteiger partial charge in [-0.3, -0.25) is 9.59 Å². The molecule has 0 aromatic carbocycles. The van der Waals surface area contributed by atoms with Crippen molar-refractivity contribution in [1.82, 2.24) is 0 Å². The summed E-state index contributed by atoms with van der Waals surface area (Å²) in [5.74, 6) is 0. The quantitative estimate of drug-likeness (QED) is 0.771. The third-order valence-corrected chi connectivity index (χ3v) is 5.25. The predicted octanol–water partition coefficient (Wildman–Crippen LogP) is 4.37. The fourth-order valence-corrected chi connectivity index (χ4v) is 4.13. The van der Waals surface area contributed by atoms with Gasteiger partial charge in [-0.1, -0.05) is 11.6 Å². The largest absolute Gasteiger partial charge is 0.275 e. The Kier molecular flexibility index (Phi) is 3.05. The summed E-state index contributed by atoms with van der Waals surface area (Å²) in [6.45, 7) is 0. The third kappa shape index (κ3) is 1.92. The van der Waals surface area contributed by atoms with Crippen molar-refractivity contribution >= 4 is 77.4 Å². The molecule has 0 atom stereocenters. The number of hydrogen-bond acceptors (Lipinski definition) is 4. The van der Waals surface area contributed by atoms with Crippen LogP contribution >= 0.6 is 57.5 Å². The second kappa shape index (κ2) is 4.03. The molecule has 2 heterocycles. The predicted molar refractivity (Wildman–Crippen MR) is 65.1 cm³/mol. The molecule has 0 aliphatic heterocycles. The van der Waals surface area contributed by atoms with E-state index in [-0.39, 0.29) is 5.02 Å². The fraction of sp³-hybridized carbons (Fsp3) is 0. The van der Waals surface area contributed by atoms with Gasteiger partial charge >= 0.3 is 0 Å². The van der Waals surface area contributed by atoms with Gasteiger partial charge in [-0.25, -0.2) is 0 Å². The molecule has 0 radical (unpaired) electrons. The van der Waals surface area contributed by atoms with Gasteiger partial charge < -0.3 is 0 Å². The molecule has 0 aliphatic carbocycles. The van der Waals surface area contributed by atoms with Gasteiger partial charge in [0.15, 0.2) is 0 Å². The molecule has 0 amide bonds. The first-order chi connectivity index (χ1) is 7.00. The second-order valence-corrected chi connectivity index (χ2v) is 6.00. The van der Waals surface area contributed by atoms with Crippen molar-refractivity contribution < 1.29 is 9.59 Å². The molecule has 0 bridgehead atoms. The topological polar surface area (TPSA) is 34.1 Å². The van der Waals surface area contributed by atoms with E-state index in [1.165, 1.54) is 11.3 Å². The van der Waals surface area contributed by atoms with Crippen LogP contribution in [0.2, 0.25) is 5.02 Å². The van der Waals surface area contributed by atoms with E-state index >= 15 is 0 Å². The maximum atomic E-state index is 11.0. The zero-order valence-electron chi connectivity index (χ0n) is 6.84. The summed E-state index contributed by atoms with van der Waals surface area (Å²) in [5, 5.41) is -0.180. The lowest BCUT2D eigenvalue weighted by Gasteiger charge is -1.87. The highest BCUT2D eigenvalue weighted by Crippen LogP contribution is 2.41. The van der Waals surface area contributed by atoms with Crippen molar-refractivity contribution in [3.05, 3.63) is 20.8 Å². The highest BCUT2D eigenvalue weighted by atomic mass is 35.5. The standard InChI is InChI=1S/C8HCl3O2S2/c9-4-2-1-3(6(10)12)14-8(2)15-5(4)7(11)13/h1H. The maximum Gasteiger partial charge on any atom is 0.263 e. The van der Waals surface area contributed by atoms with Crippen LogP contribution in [0.5, 0.6) is 0 Å². The minimum Gasteiger partial charge on any atom is -0.275 e. The SMILES string of the molecule is O=C(Cl)c1cc2c(Cl)c(C(=O)Cl)sc2s1. The van der Waals surface area contributed by atoms with E-state index in [0.717, 1.165) is 15.4 Å². The molecule has 2 aromatic heterocycles. The first kappa shape index (κ1) is 11.4. The molecule has 15 heavy (non-hydrogen) atoms. The van der Waals surface area contributed by atoms with E-state index in [2.05, 4.69) is 0 Å². The van der Waals surface area contributed by atoms with Gasteiger partial charge in [-0.2, -0.15) is 0 Å². The summed E-state index contributed by atoms with van der Waals surface area (Å²) in [4.78, 5) is 22.6. The van der Waals surface area contributed by atoms with Gasteiger partial charge in [-0.05, 0) is 29.3 Å². The lowest BCUT2D eigenvalue weighted by molar-refractivity contribution is 0.107. The fourth-order valence-electron chi connectivity index (χ4n) is 1.09. The summed E-state index contributed by atoms with van der Waals surface area (Å²) >= 11 is 19.0. The Balaban J connectivity index is 2.67. The van der Waals surface area contributed by atoms with Gasteiger partial charge in [0.2, 0.25) is 0 Å². The van der Waals surface area contributed by atoms with Crippen molar-refractivity contribution in [3.63, 3.8) is 0 Å². The molecule has 2 aromatic rings. The highest BCUT2D eigenvalue weighted by Gasteiger charge is 2.19. The summed E-state index contributed by atoms with van der Waals surface area (Å²) in [6, 6.07) is 1.57. The Morgan fingerprint density at radius 3 is 2.27 bits per heavy atom. The van der Waals surface area contributed by atoms with Gasteiger partial charge in [0.05, 0.1) is 13.9 Å². The molecule has 0 aliphatic rings. The van der Waals surface area contributed by atoms with E-state index < -0.39 is 10.5 Å². The van der Waals surface area contributed by atoms with Gasteiger partial charge in [0.1, 0.15) is 4.88 Å². The average molecular weight is 300 g/mol. The van der Waals surface area contributed by atoms with Crippen LogP contribution in [0.3, 0.4) is 0 Å².